The highest BCUT2D eigenvalue weighted by atomic mass is 35.5. The molecule has 0 aliphatic rings. The van der Waals surface area contributed by atoms with Gasteiger partial charge in [-0.25, -0.2) is 9.36 Å². The molecule has 16 heavy (non-hydrogen) atoms. The van der Waals surface area contributed by atoms with Gasteiger partial charge >= 0.3 is 0 Å². The topological polar surface area (TPSA) is 61.7 Å². The fraction of sp³-hybridized carbons (Fsp3) is 0.400. The minimum absolute atomic E-state index is 0.626. The van der Waals surface area contributed by atoms with E-state index in [1.165, 1.54) is 0 Å². The van der Waals surface area contributed by atoms with E-state index < -0.39 is 0 Å². The molecule has 0 atom stereocenters. The summed E-state index contributed by atoms with van der Waals surface area (Å²) < 4.78 is 3.49. The van der Waals surface area contributed by atoms with Crippen molar-refractivity contribution < 1.29 is 0 Å². The lowest BCUT2D eigenvalue weighted by molar-refractivity contribution is 0.617. The fourth-order valence-electron chi connectivity index (χ4n) is 1.59. The summed E-state index contributed by atoms with van der Waals surface area (Å²) in [4.78, 5) is 0. The van der Waals surface area contributed by atoms with Crippen LogP contribution in [0.1, 0.15) is 18.3 Å². The molecular weight excluding hydrogens is 226 g/mol. The Morgan fingerprint density at radius 3 is 2.50 bits per heavy atom. The SMILES string of the molecule is CCn1nc(C)c(N)c1-n1cc(Cl)c(C)n1. The van der Waals surface area contributed by atoms with E-state index in [4.69, 9.17) is 17.3 Å². The lowest BCUT2D eigenvalue weighted by atomic mass is 10.4. The zero-order chi connectivity index (χ0) is 11.9. The van der Waals surface area contributed by atoms with Crippen molar-refractivity contribution in [1.82, 2.24) is 19.6 Å². The highest BCUT2D eigenvalue weighted by molar-refractivity contribution is 6.31. The largest absolute Gasteiger partial charge is 0.394 e. The van der Waals surface area contributed by atoms with Gasteiger partial charge in [0.15, 0.2) is 5.82 Å². The van der Waals surface area contributed by atoms with Crippen molar-refractivity contribution >= 4 is 17.3 Å². The Labute approximate surface area is 98.8 Å². The average molecular weight is 240 g/mol. The van der Waals surface area contributed by atoms with Crippen LogP contribution >= 0.6 is 11.6 Å². The number of anilines is 1. The van der Waals surface area contributed by atoms with Gasteiger partial charge in [-0.2, -0.15) is 10.2 Å². The van der Waals surface area contributed by atoms with E-state index in [1.54, 1.807) is 10.9 Å². The Morgan fingerprint density at radius 2 is 2.00 bits per heavy atom. The number of hydrogen-bond acceptors (Lipinski definition) is 3. The normalized spacial score (nSPS) is 11.0. The van der Waals surface area contributed by atoms with E-state index in [9.17, 15) is 0 Å². The minimum Gasteiger partial charge on any atom is -0.394 e. The average Bonchev–Trinajstić information content (AvgIpc) is 2.70. The maximum atomic E-state index is 5.98. The summed E-state index contributed by atoms with van der Waals surface area (Å²) in [6, 6.07) is 0. The summed E-state index contributed by atoms with van der Waals surface area (Å²) in [6.07, 6.45) is 1.75. The molecular formula is C10H14ClN5. The predicted molar refractivity (Wildman–Crippen MR) is 63.9 cm³/mol. The van der Waals surface area contributed by atoms with E-state index in [1.807, 2.05) is 25.5 Å². The smallest absolute Gasteiger partial charge is 0.175 e. The molecule has 86 valence electrons. The molecule has 0 aromatic carbocycles. The molecule has 0 bridgehead atoms. The maximum Gasteiger partial charge on any atom is 0.175 e. The summed E-state index contributed by atoms with van der Waals surface area (Å²) >= 11 is 5.98. The lowest BCUT2D eigenvalue weighted by Crippen LogP contribution is -2.08. The number of halogens is 1. The molecule has 0 aliphatic carbocycles. The number of nitrogen functional groups attached to an aromatic ring is 1. The molecule has 6 heteroatoms. The zero-order valence-corrected chi connectivity index (χ0v) is 10.3. The molecule has 0 amide bonds. The summed E-state index contributed by atoms with van der Waals surface area (Å²) in [5, 5.41) is 9.26. The molecule has 0 saturated carbocycles. The zero-order valence-electron chi connectivity index (χ0n) is 9.53. The van der Waals surface area contributed by atoms with Crippen LogP contribution in [0.3, 0.4) is 0 Å². The molecule has 0 fully saturated rings. The van der Waals surface area contributed by atoms with Crippen LogP contribution in [-0.4, -0.2) is 19.6 Å². The first-order valence-corrected chi connectivity index (χ1v) is 5.47. The van der Waals surface area contributed by atoms with Crippen molar-refractivity contribution in [3.8, 4) is 5.82 Å². The number of aromatic nitrogens is 4. The monoisotopic (exact) mass is 239 g/mol. The number of nitrogens with two attached hydrogens (primary N) is 1. The molecule has 2 rings (SSSR count). The second-order valence-electron chi connectivity index (χ2n) is 3.65. The Kier molecular flexibility index (Phi) is 2.63. The first kappa shape index (κ1) is 11.0. The van der Waals surface area contributed by atoms with Gasteiger partial charge in [0.1, 0.15) is 0 Å². The molecule has 0 aliphatic heterocycles. The van der Waals surface area contributed by atoms with Crippen LogP contribution in [-0.2, 0) is 6.54 Å². The molecule has 0 radical (unpaired) electrons. The van der Waals surface area contributed by atoms with Crippen molar-refractivity contribution in [2.45, 2.75) is 27.3 Å². The van der Waals surface area contributed by atoms with Crippen LogP contribution in [0.5, 0.6) is 0 Å². The standard InChI is InChI=1S/C10H14ClN5/c1-4-15-10(9(12)7(3)14-15)16-5-8(11)6(2)13-16/h5H,4,12H2,1-3H3. The Bertz CT molecular complexity index is 506. The number of nitrogens with zero attached hydrogens (tertiary/aromatic N) is 4. The highest BCUT2D eigenvalue weighted by Gasteiger charge is 2.15. The van der Waals surface area contributed by atoms with Crippen LogP contribution in [0.15, 0.2) is 6.20 Å². The third-order valence-corrected chi connectivity index (χ3v) is 2.87. The Balaban J connectivity index is 2.62. The fourth-order valence-corrected chi connectivity index (χ4v) is 1.72. The summed E-state index contributed by atoms with van der Waals surface area (Å²) in [6.45, 7) is 6.48. The lowest BCUT2D eigenvalue weighted by Gasteiger charge is -2.04. The third-order valence-electron chi connectivity index (χ3n) is 2.50. The molecule has 2 aromatic heterocycles. The third kappa shape index (κ3) is 1.57. The number of aryl methyl sites for hydroxylation is 3. The second-order valence-corrected chi connectivity index (χ2v) is 4.05. The van der Waals surface area contributed by atoms with E-state index >= 15 is 0 Å². The van der Waals surface area contributed by atoms with Gasteiger partial charge in [0, 0.05) is 6.54 Å². The Hall–Kier alpha value is -1.49. The van der Waals surface area contributed by atoms with Crippen molar-refractivity contribution in [1.29, 1.82) is 0 Å². The van der Waals surface area contributed by atoms with Gasteiger partial charge in [-0.3, -0.25) is 0 Å². The van der Waals surface area contributed by atoms with Crippen molar-refractivity contribution in [3.05, 3.63) is 22.6 Å². The van der Waals surface area contributed by atoms with Crippen LogP contribution in [0.2, 0.25) is 5.02 Å². The van der Waals surface area contributed by atoms with Crippen molar-refractivity contribution in [2.24, 2.45) is 0 Å². The molecule has 0 saturated heterocycles. The molecule has 5 nitrogen and oxygen atoms in total. The van der Waals surface area contributed by atoms with Gasteiger partial charge in [-0.1, -0.05) is 11.6 Å². The molecule has 0 unspecified atom stereocenters. The van der Waals surface area contributed by atoms with Gasteiger partial charge < -0.3 is 5.73 Å². The summed E-state index contributed by atoms with van der Waals surface area (Å²) in [5.41, 5.74) is 8.21. The second kappa shape index (κ2) is 3.83. The van der Waals surface area contributed by atoms with Gasteiger partial charge in [-0.05, 0) is 20.8 Å². The molecule has 0 spiro atoms. The van der Waals surface area contributed by atoms with Crippen LogP contribution < -0.4 is 5.73 Å². The van der Waals surface area contributed by atoms with Gasteiger partial charge in [0.2, 0.25) is 0 Å². The number of rotatable bonds is 2. The Morgan fingerprint density at radius 1 is 1.31 bits per heavy atom. The molecule has 2 heterocycles. The van der Waals surface area contributed by atoms with E-state index in [0.29, 0.717) is 10.7 Å². The van der Waals surface area contributed by atoms with Crippen LogP contribution in [0.25, 0.3) is 5.82 Å². The van der Waals surface area contributed by atoms with Crippen molar-refractivity contribution in [2.75, 3.05) is 5.73 Å². The number of hydrogen-bond donors (Lipinski definition) is 1. The van der Waals surface area contributed by atoms with Gasteiger partial charge in [-0.15, -0.1) is 0 Å². The van der Waals surface area contributed by atoms with Crippen LogP contribution in [0, 0.1) is 13.8 Å². The first-order valence-electron chi connectivity index (χ1n) is 5.09. The molecule has 2 N–H and O–H groups in total. The first-order chi connectivity index (χ1) is 7.54. The van der Waals surface area contributed by atoms with Crippen molar-refractivity contribution in [3.63, 3.8) is 0 Å². The van der Waals surface area contributed by atoms with Crippen LogP contribution in [0.4, 0.5) is 5.69 Å². The maximum absolute atomic E-state index is 5.98. The molecule has 2 aromatic rings. The van der Waals surface area contributed by atoms with Gasteiger partial charge in [0.25, 0.3) is 0 Å². The van der Waals surface area contributed by atoms with Gasteiger partial charge in [0.05, 0.1) is 28.3 Å². The summed E-state index contributed by atoms with van der Waals surface area (Å²) in [5.74, 6) is 0.773. The van der Waals surface area contributed by atoms with E-state index in [2.05, 4.69) is 10.2 Å². The predicted octanol–water partition coefficient (Wildman–Crippen LogP) is 1.94. The minimum atomic E-state index is 0.626. The highest BCUT2D eigenvalue weighted by Crippen LogP contribution is 2.23. The van der Waals surface area contributed by atoms with E-state index in [-0.39, 0.29) is 0 Å². The quantitative estimate of drug-likeness (QED) is 0.871. The summed E-state index contributed by atoms with van der Waals surface area (Å²) in [7, 11) is 0. The van der Waals surface area contributed by atoms with E-state index in [0.717, 1.165) is 23.8 Å².